The maximum absolute atomic E-state index is 13.8. The Hall–Kier alpha value is -3.04. The molecule has 2 aliphatic heterocycles. The molecule has 0 aromatic heterocycles. The number of carbonyl (C=O) groups excluding carboxylic acids is 2. The van der Waals surface area contributed by atoms with Gasteiger partial charge in [0.15, 0.2) is 0 Å². The van der Waals surface area contributed by atoms with Crippen molar-refractivity contribution in [2.24, 2.45) is 0 Å². The molecule has 33 heavy (non-hydrogen) atoms. The third kappa shape index (κ3) is 5.31. The van der Waals surface area contributed by atoms with Crippen LogP contribution in [0.1, 0.15) is 17.2 Å². The van der Waals surface area contributed by atoms with Crippen LogP contribution in [0.2, 0.25) is 0 Å². The Labute approximate surface area is 192 Å². The number of fused-ring (bicyclic) bond motifs is 1. The first-order valence-electron chi connectivity index (χ1n) is 11.1. The molecule has 1 atom stereocenters. The molecule has 1 fully saturated rings. The molecule has 0 spiro atoms. The number of likely N-dealkylation sites (N-methyl/N-ethyl adjacent to an activating group) is 2. The molecule has 2 amide bonds. The van der Waals surface area contributed by atoms with Gasteiger partial charge in [-0.25, -0.2) is 8.78 Å². The van der Waals surface area contributed by atoms with E-state index in [9.17, 15) is 18.4 Å². The topological polar surface area (TPSA) is 67.9 Å². The van der Waals surface area contributed by atoms with Crippen molar-refractivity contribution in [2.75, 3.05) is 63.6 Å². The van der Waals surface area contributed by atoms with Crippen molar-refractivity contribution in [1.29, 1.82) is 0 Å². The van der Waals surface area contributed by atoms with E-state index >= 15 is 0 Å². The SMILES string of the molecule is CN1CCN([C@H](CNC(=O)C(=O)Nc2ccc(F)cc2F)c2ccc3c(c2)CCN3C)CC1. The molecular formula is C24H29F2N5O2. The largest absolute Gasteiger partial charge is 0.374 e. The molecule has 2 N–H and O–H groups in total. The van der Waals surface area contributed by atoms with Gasteiger partial charge in [-0.1, -0.05) is 12.1 Å². The highest BCUT2D eigenvalue weighted by Gasteiger charge is 2.27. The summed E-state index contributed by atoms with van der Waals surface area (Å²) in [4.78, 5) is 31.6. The molecule has 2 aromatic carbocycles. The van der Waals surface area contributed by atoms with Crippen molar-refractivity contribution in [2.45, 2.75) is 12.5 Å². The number of hydrogen-bond acceptors (Lipinski definition) is 5. The molecule has 9 heteroatoms. The number of piperazine rings is 1. The molecule has 0 aliphatic carbocycles. The van der Waals surface area contributed by atoms with Gasteiger partial charge in [0.25, 0.3) is 0 Å². The lowest BCUT2D eigenvalue weighted by molar-refractivity contribution is -0.136. The third-order valence-electron chi connectivity index (χ3n) is 6.44. The minimum absolute atomic E-state index is 0.0887. The Kier molecular flexibility index (Phi) is 6.90. The van der Waals surface area contributed by atoms with E-state index in [1.54, 1.807) is 0 Å². The van der Waals surface area contributed by atoms with Crippen LogP contribution >= 0.6 is 0 Å². The molecule has 176 valence electrons. The van der Waals surface area contributed by atoms with Crippen molar-refractivity contribution >= 4 is 23.2 Å². The zero-order valence-electron chi connectivity index (χ0n) is 18.9. The van der Waals surface area contributed by atoms with Gasteiger partial charge in [-0.15, -0.1) is 0 Å². The van der Waals surface area contributed by atoms with Crippen LogP contribution in [0.25, 0.3) is 0 Å². The number of anilines is 2. The summed E-state index contributed by atoms with van der Waals surface area (Å²) in [7, 11) is 4.16. The van der Waals surface area contributed by atoms with Crippen LogP contribution in [-0.4, -0.2) is 75.0 Å². The standard InChI is InChI=1S/C24H29F2N5O2/c1-29-9-11-31(12-10-29)22(16-3-6-21-17(13-16)7-8-30(21)2)15-27-23(32)24(33)28-20-5-4-18(25)14-19(20)26/h3-6,13-14,22H,7-12,15H2,1-2H3,(H,27,32)(H,28,33)/t22-/m1/s1. The fourth-order valence-electron chi connectivity index (χ4n) is 4.42. The molecule has 0 saturated carbocycles. The first-order valence-corrected chi connectivity index (χ1v) is 11.1. The number of hydrogen-bond donors (Lipinski definition) is 2. The van der Waals surface area contributed by atoms with Gasteiger partial charge in [0.2, 0.25) is 0 Å². The Morgan fingerprint density at radius 1 is 0.970 bits per heavy atom. The fraction of sp³-hybridized carbons (Fsp3) is 0.417. The summed E-state index contributed by atoms with van der Waals surface area (Å²) in [5.41, 5.74) is 3.36. The van der Waals surface area contributed by atoms with Gasteiger partial charge in [-0.05, 0) is 42.8 Å². The number of amides is 2. The summed E-state index contributed by atoms with van der Waals surface area (Å²) in [6, 6.07) is 9.07. The maximum Gasteiger partial charge on any atom is 0.313 e. The predicted octanol–water partition coefficient (Wildman–Crippen LogP) is 2.00. The lowest BCUT2D eigenvalue weighted by Gasteiger charge is -2.38. The van der Waals surface area contributed by atoms with E-state index in [1.165, 1.54) is 11.3 Å². The van der Waals surface area contributed by atoms with Crippen LogP contribution in [0.3, 0.4) is 0 Å². The molecular weight excluding hydrogens is 428 g/mol. The minimum Gasteiger partial charge on any atom is -0.374 e. The van der Waals surface area contributed by atoms with Crippen molar-refractivity contribution in [3.8, 4) is 0 Å². The van der Waals surface area contributed by atoms with Crippen molar-refractivity contribution < 1.29 is 18.4 Å². The van der Waals surface area contributed by atoms with E-state index in [0.29, 0.717) is 6.07 Å². The van der Waals surface area contributed by atoms with Gasteiger partial charge in [-0.3, -0.25) is 14.5 Å². The second kappa shape index (κ2) is 9.84. The highest BCUT2D eigenvalue weighted by atomic mass is 19.1. The third-order valence-corrected chi connectivity index (χ3v) is 6.44. The Bertz CT molecular complexity index is 1040. The normalized spacial score (nSPS) is 17.5. The lowest BCUT2D eigenvalue weighted by Crippen LogP contribution is -2.49. The van der Waals surface area contributed by atoms with Crippen LogP contribution in [-0.2, 0) is 16.0 Å². The van der Waals surface area contributed by atoms with Crippen molar-refractivity contribution in [1.82, 2.24) is 15.1 Å². The molecule has 2 aromatic rings. The van der Waals surface area contributed by atoms with Gasteiger partial charge in [-0.2, -0.15) is 0 Å². The van der Waals surface area contributed by atoms with E-state index in [1.807, 2.05) is 0 Å². The van der Waals surface area contributed by atoms with Gasteiger partial charge in [0.1, 0.15) is 11.6 Å². The summed E-state index contributed by atoms with van der Waals surface area (Å²) in [6.07, 6.45) is 0.979. The molecule has 0 radical (unpaired) electrons. The van der Waals surface area contributed by atoms with Crippen LogP contribution in [0.15, 0.2) is 36.4 Å². The number of nitrogens with zero attached hydrogens (tertiary/aromatic N) is 3. The number of carbonyl (C=O) groups is 2. The van der Waals surface area contributed by atoms with E-state index in [4.69, 9.17) is 0 Å². The van der Waals surface area contributed by atoms with E-state index in [0.717, 1.165) is 56.8 Å². The second-order valence-corrected chi connectivity index (χ2v) is 8.70. The molecule has 0 unspecified atom stereocenters. The number of halogens is 2. The Morgan fingerprint density at radius 2 is 1.73 bits per heavy atom. The van der Waals surface area contributed by atoms with Gasteiger partial charge < -0.3 is 20.4 Å². The summed E-state index contributed by atoms with van der Waals surface area (Å²) in [5.74, 6) is -3.55. The van der Waals surface area contributed by atoms with E-state index < -0.39 is 23.4 Å². The molecule has 2 aliphatic rings. The Morgan fingerprint density at radius 3 is 2.45 bits per heavy atom. The quantitative estimate of drug-likeness (QED) is 0.673. The lowest BCUT2D eigenvalue weighted by atomic mass is 10.00. The smallest absolute Gasteiger partial charge is 0.313 e. The van der Waals surface area contributed by atoms with Crippen molar-refractivity contribution in [3.63, 3.8) is 0 Å². The second-order valence-electron chi connectivity index (χ2n) is 8.70. The zero-order chi connectivity index (χ0) is 23.5. The predicted molar refractivity (Wildman–Crippen MR) is 123 cm³/mol. The van der Waals surface area contributed by atoms with Crippen molar-refractivity contribution in [3.05, 3.63) is 59.2 Å². The van der Waals surface area contributed by atoms with Gasteiger partial charge in [0.05, 0.1) is 11.7 Å². The number of benzene rings is 2. The Balaban J connectivity index is 1.46. The molecule has 0 bridgehead atoms. The monoisotopic (exact) mass is 457 g/mol. The number of rotatable bonds is 5. The van der Waals surface area contributed by atoms with Crippen LogP contribution < -0.4 is 15.5 Å². The number of nitrogens with one attached hydrogen (secondary N) is 2. The van der Waals surface area contributed by atoms with E-state index in [2.05, 4.69) is 57.6 Å². The fourth-order valence-corrected chi connectivity index (χ4v) is 4.42. The van der Waals surface area contributed by atoms with Crippen LogP contribution in [0.5, 0.6) is 0 Å². The zero-order valence-corrected chi connectivity index (χ0v) is 18.9. The molecule has 7 nitrogen and oxygen atoms in total. The van der Waals surface area contributed by atoms with Crippen LogP contribution in [0, 0.1) is 11.6 Å². The average molecular weight is 458 g/mol. The highest BCUT2D eigenvalue weighted by Crippen LogP contribution is 2.31. The summed E-state index contributed by atoms with van der Waals surface area (Å²) < 4.78 is 26.9. The first-order chi connectivity index (χ1) is 15.8. The highest BCUT2D eigenvalue weighted by molar-refractivity contribution is 6.39. The maximum atomic E-state index is 13.8. The van der Waals surface area contributed by atoms with Gasteiger partial charge in [0, 0.05) is 58.1 Å². The molecule has 4 rings (SSSR count). The molecule has 2 heterocycles. The van der Waals surface area contributed by atoms with E-state index in [-0.39, 0.29) is 18.3 Å². The summed E-state index contributed by atoms with van der Waals surface area (Å²) in [5, 5.41) is 4.91. The average Bonchev–Trinajstić information content (AvgIpc) is 3.17. The first kappa shape index (κ1) is 23.1. The summed E-state index contributed by atoms with van der Waals surface area (Å²) >= 11 is 0. The van der Waals surface area contributed by atoms with Crippen LogP contribution in [0.4, 0.5) is 20.2 Å². The summed E-state index contributed by atoms with van der Waals surface area (Å²) in [6.45, 7) is 4.76. The minimum atomic E-state index is -0.992. The van der Waals surface area contributed by atoms with Gasteiger partial charge >= 0.3 is 11.8 Å². The molecule has 1 saturated heterocycles.